The van der Waals surface area contributed by atoms with Crippen LogP contribution in [0.15, 0.2) is 66.1 Å². The molecule has 0 aliphatic rings. The largest absolute Gasteiger partial charge is 0.223 e. The molecule has 0 aliphatic carbocycles. The summed E-state index contributed by atoms with van der Waals surface area (Å²) in [6, 6.07) is 16.4. The van der Waals surface area contributed by atoms with Crippen molar-refractivity contribution in [3.8, 4) is 0 Å². The van der Waals surface area contributed by atoms with E-state index in [9.17, 15) is 8.42 Å². The van der Waals surface area contributed by atoms with Crippen molar-refractivity contribution in [2.45, 2.75) is 18.2 Å². The molecule has 0 aromatic heterocycles. The van der Waals surface area contributed by atoms with Crippen molar-refractivity contribution in [1.29, 1.82) is 0 Å². The van der Waals surface area contributed by atoms with Gasteiger partial charge in [0.05, 0.1) is 10.6 Å². The standard InChI is InChI=1S/C17H18O2S/c1-3-15-9-11-16(12-10-15)14(2)13-20(18,19)17-7-5-4-6-8-17/h4-12H,2-3,13H2,1H3. The maximum absolute atomic E-state index is 12.3. The van der Waals surface area contributed by atoms with Crippen LogP contribution in [-0.2, 0) is 16.3 Å². The highest BCUT2D eigenvalue weighted by Crippen LogP contribution is 2.20. The zero-order valence-corrected chi connectivity index (χ0v) is 12.4. The summed E-state index contributed by atoms with van der Waals surface area (Å²) < 4.78 is 24.6. The van der Waals surface area contributed by atoms with Crippen LogP contribution in [0.1, 0.15) is 18.1 Å². The van der Waals surface area contributed by atoms with Crippen LogP contribution >= 0.6 is 0 Å². The van der Waals surface area contributed by atoms with Gasteiger partial charge in [-0.2, -0.15) is 0 Å². The van der Waals surface area contributed by atoms with E-state index in [1.807, 2.05) is 24.3 Å². The Balaban J connectivity index is 2.18. The summed E-state index contributed by atoms with van der Waals surface area (Å²) >= 11 is 0. The molecule has 0 radical (unpaired) electrons. The van der Waals surface area contributed by atoms with E-state index in [0.29, 0.717) is 10.5 Å². The zero-order chi connectivity index (χ0) is 14.6. The molecular formula is C17H18O2S. The first-order chi connectivity index (χ1) is 9.53. The second-order valence-corrected chi connectivity index (χ2v) is 6.72. The summed E-state index contributed by atoms with van der Waals surface area (Å²) in [4.78, 5) is 0.339. The topological polar surface area (TPSA) is 34.1 Å². The Labute approximate surface area is 120 Å². The summed E-state index contributed by atoms with van der Waals surface area (Å²) in [6.07, 6.45) is 0.967. The molecule has 0 spiro atoms. The maximum Gasteiger partial charge on any atom is 0.182 e. The summed E-state index contributed by atoms with van der Waals surface area (Å²) in [5, 5.41) is 0. The van der Waals surface area contributed by atoms with E-state index < -0.39 is 9.84 Å². The monoisotopic (exact) mass is 286 g/mol. The fraction of sp³-hybridized carbons (Fsp3) is 0.176. The molecule has 2 rings (SSSR count). The second kappa shape index (κ2) is 6.06. The van der Waals surface area contributed by atoms with E-state index in [0.717, 1.165) is 12.0 Å². The lowest BCUT2D eigenvalue weighted by Gasteiger charge is -2.08. The van der Waals surface area contributed by atoms with Crippen molar-refractivity contribution < 1.29 is 8.42 Å². The van der Waals surface area contributed by atoms with Crippen LogP contribution in [0, 0.1) is 0 Å². The van der Waals surface area contributed by atoms with Gasteiger partial charge in [0.25, 0.3) is 0 Å². The first kappa shape index (κ1) is 14.5. The third-order valence-corrected chi connectivity index (χ3v) is 4.96. The maximum atomic E-state index is 12.3. The second-order valence-electron chi connectivity index (χ2n) is 4.73. The summed E-state index contributed by atoms with van der Waals surface area (Å²) in [7, 11) is -3.32. The lowest BCUT2D eigenvalue weighted by atomic mass is 10.1. The molecule has 2 aromatic carbocycles. The Bertz CT molecular complexity index is 684. The fourth-order valence-electron chi connectivity index (χ4n) is 2.00. The van der Waals surface area contributed by atoms with Crippen LogP contribution in [0.25, 0.3) is 5.57 Å². The number of hydrogen-bond acceptors (Lipinski definition) is 2. The zero-order valence-electron chi connectivity index (χ0n) is 11.5. The van der Waals surface area contributed by atoms with Gasteiger partial charge in [-0.05, 0) is 35.3 Å². The molecule has 104 valence electrons. The molecule has 2 nitrogen and oxygen atoms in total. The van der Waals surface area contributed by atoms with Gasteiger partial charge in [0.15, 0.2) is 9.84 Å². The molecule has 20 heavy (non-hydrogen) atoms. The van der Waals surface area contributed by atoms with Crippen LogP contribution in [0.5, 0.6) is 0 Å². The summed E-state index contributed by atoms with van der Waals surface area (Å²) in [6.45, 7) is 6.00. The highest BCUT2D eigenvalue weighted by molar-refractivity contribution is 7.91. The number of aryl methyl sites for hydroxylation is 1. The van der Waals surface area contributed by atoms with Gasteiger partial charge in [-0.3, -0.25) is 0 Å². The predicted molar refractivity (Wildman–Crippen MR) is 83.3 cm³/mol. The fourth-order valence-corrected chi connectivity index (χ4v) is 3.36. The first-order valence-electron chi connectivity index (χ1n) is 6.58. The van der Waals surface area contributed by atoms with Gasteiger partial charge in [-0.15, -0.1) is 0 Å². The number of rotatable bonds is 5. The Hall–Kier alpha value is -1.87. The van der Waals surface area contributed by atoms with Crippen molar-refractivity contribution in [3.63, 3.8) is 0 Å². The van der Waals surface area contributed by atoms with E-state index in [2.05, 4.69) is 13.5 Å². The molecular weight excluding hydrogens is 268 g/mol. The number of hydrogen-bond donors (Lipinski definition) is 0. The molecule has 0 bridgehead atoms. The molecule has 0 N–H and O–H groups in total. The molecule has 0 atom stereocenters. The molecule has 0 saturated carbocycles. The SMILES string of the molecule is C=C(CS(=O)(=O)c1ccccc1)c1ccc(CC)cc1. The quantitative estimate of drug-likeness (QED) is 0.839. The third-order valence-electron chi connectivity index (χ3n) is 3.24. The molecule has 2 aromatic rings. The molecule has 3 heteroatoms. The number of sulfone groups is 1. The van der Waals surface area contributed by atoms with Crippen molar-refractivity contribution in [1.82, 2.24) is 0 Å². The van der Waals surface area contributed by atoms with Crippen molar-refractivity contribution in [2.24, 2.45) is 0 Å². The van der Waals surface area contributed by atoms with Crippen molar-refractivity contribution in [2.75, 3.05) is 5.75 Å². The average molecular weight is 286 g/mol. The molecule has 0 aliphatic heterocycles. The number of benzene rings is 2. The lowest BCUT2D eigenvalue weighted by molar-refractivity contribution is 0.599. The molecule has 0 amide bonds. The molecule has 0 unspecified atom stereocenters. The van der Waals surface area contributed by atoms with Crippen LogP contribution in [0.2, 0.25) is 0 Å². The van der Waals surface area contributed by atoms with Gasteiger partial charge in [-0.1, -0.05) is 56.0 Å². The Morgan fingerprint density at radius 3 is 2.15 bits per heavy atom. The Morgan fingerprint density at radius 2 is 1.60 bits per heavy atom. The van der Waals surface area contributed by atoms with Crippen LogP contribution in [-0.4, -0.2) is 14.2 Å². The minimum absolute atomic E-state index is 0.0531. The van der Waals surface area contributed by atoms with Crippen LogP contribution in [0.4, 0.5) is 0 Å². The van der Waals surface area contributed by atoms with E-state index >= 15 is 0 Å². The van der Waals surface area contributed by atoms with E-state index in [1.54, 1.807) is 30.3 Å². The summed E-state index contributed by atoms with van der Waals surface area (Å²) in [5.74, 6) is -0.0531. The third kappa shape index (κ3) is 3.36. The van der Waals surface area contributed by atoms with Crippen LogP contribution in [0.3, 0.4) is 0 Å². The molecule has 0 saturated heterocycles. The van der Waals surface area contributed by atoms with E-state index in [1.165, 1.54) is 5.56 Å². The average Bonchev–Trinajstić information content (AvgIpc) is 2.48. The van der Waals surface area contributed by atoms with Crippen molar-refractivity contribution >= 4 is 15.4 Å². The first-order valence-corrected chi connectivity index (χ1v) is 8.23. The summed E-state index contributed by atoms with van der Waals surface area (Å²) in [5.41, 5.74) is 2.73. The van der Waals surface area contributed by atoms with Gasteiger partial charge in [-0.25, -0.2) is 8.42 Å². The Morgan fingerprint density at radius 1 is 1.00 bits per heavy atom. The predicted octanol–water partition coefficient (Wildman–Crippen LogP) is 3.74. The highest BCUT2D eigenvalue weighted by atomic mass is 32.2. The Kier molecular flexibility index (Phi) is 4.40. The van der Waals surface area contributed by atoms with Gasteiger partial charge in [0.1, 0.15) is 0 Å². The molecule has 0 heterocycles. The van der Waals surface area contributed by atoms with Crippen LogP contribution < -0.4 is 0 Å². The minimum Gasteiger partial charge on any atom is -0.223 e. The highest BCUT2D eigenvalue weighted by Gasteiger charge is 2.16. The van der Waals surface area contributed by atoms with Gasteiger partial charge >= 0.3 is 0 Å². The lowest BCUT2D eigenvalue weighted by Crippen LogP contribution is -2.08. The molecule has 0 fully saturated rings. The van der Waals surface area contributed by atoms with E-state index in [4.69, 9.17) is 0 Å². The van der Waals surface area contributed by atoms with Gasteiger partial charge in [0, 0.05) is 0 Å². The minimum atomic E-state index is -3.32. The van der Waals surface area contributed by atoms with Gasteiger partial charge < -0.3 is 0 Å². The normalized spacial score (nSPS) is 11.2. The van der Waals surface area contributed by atoms with Crippen molar-refractivity contribution in [3.05, 3.63) is 72.3 Å². The smallest absolute Gasteiger partial charge is 0.182 e. The van der Waals surface area contributed by atoms with E-state index in [-0.39, 0.29) is 5.75 Å². The van der Waals surface area contributed by atoms with Gasteiger partial charge in [0.2, 0.25) is 0 Å².